The number of furan rings is 1. The van der Waals surface area contributed by atoms with Crippen LogP contribution in [0.3, 0.4) is 0 Å². The molecule has 6 aromatic carbocycles. The smallest absolute Gasteiger partial charge is 0.179 e. The zero-order valence-corrected chi connectivity index (χ0v) is 25.5. The maximum atomic E-state index is 6.94. The van der Waals surface area contributed by atoms with Crippen molar-refractivity contribution >= 4 is 27.8 Å². The minimum absolute atomic E-state index is 0.691. The van der Waals surface area contributed by atoms with E-state index in [0.717, 1.165) is 72.6 Å². The Morgan fingerprint density at radius 2 is 1.17 bits per heavy atom. The Balaban J connectivity index is 1.10. The first-order chi connectivity index (χ1) is 23.8. The molecule has 48 heavy (non-hydrogen) atoms. The summed E-state index contributed by atoms with van der Waals surface area (Å²) in [5.41, 5.74) is 11.4. The number of hydrogen-bond acceptors (Lipinski definition) is 5. The van der Waals surface area contributed by atoms with E-state index in [-0.39, 0.29) is 0 Å². The van der Waals surface area contributed by atoms with Crippen LogP contribution in [0.2, 0.25) is 0 Å². The Kier molecular flexibility index (Phi) is 4.98. The summed E-state index contributed by atoms with van der Waals surface area (Å²) in [6, 6.07) is 47.8. The molecule has 0 unspecified atom stereocenters. The zero-order valence-electron chi connectivity index (χ0n) is 25.5. The Labute approximate surface area is 275 Å². The molecule has 5 heteroatoms. The lowest BCUT2D eigenvalue weighted by Crippen LogP contribution is -2.30. The van der Waals surface area contributed by atoms with Crippen molar-refractivity contribution in [2.24, 2.45) is 0 Å². The van der Waals surface area contributed by atoms with E-state index >= 15 is 0 Å². The second kappa shape index (κ2) is 9.30. The van der Waals surface area contributed by atoms with Gasteiger partial charge in [-0.2, -0.15) is 0 Å². The topological polar surface area (TPSA) is 57.4 Å². The highest BCUT2D eigenvalue weighted by Crippen LogP contribution is 2.65. The van der Waals surface area contributed by atoms with E-state index in [4.69, 9.17) is 18.9 Å². The van der Waals surface area contributed by atoms with E-state index < -0.39 is 5.41 Å². The first kappa shape index (κ1) is 25.7. The van der Waals surface area contributed by atoms with E-state index in [1.54, 1.807) is 0 Å². The summed E-state index contributed by atoms with van der Waals surface area (Å²) in [7, 11) is 0. The minimum atomic E-state index is -0.785. The molecule has 0 bridgehead atoms. The number of allylic oxidation sites excluding steroid dienone is 1. The normalized spacial score (nSPS) is 14.7. The summed E-state index contributed by atoms with van der Waals surface area (Å²) in [5.74, 6) is 3.67. The molecule has 0 radical (unpaired) electrons. The highest BCUT2D eigenvalue weighted by molar-refractivity contribution is 6.02. The van der Waals surface area contributed by atoms with Gasteiger partial charge in [0, 0.05) is 10.9 Å². The number of nitrogens with zero attached hydrogens (tertiary/aromatic N) is 2. The molecule has 0 fully saturated rings. The van der Waals surface area contributed by atoms with Gasteiger partial charge in [-0.25, -0.2) is 4.98 Å². The van der Waals surface area contributed by atoms with E-state index in [1.807, 2.05) is 54.7 Å². The number of benzene rings is 6. The summed E-state index contributed by atoms with van der Waals surface area (Å²) in [6.07, 6.45) is 1.84. The maximum absolute atomic E-state index is 6.94. The maximum Gasteiger partial charge on any atom is 0.179 e. The molecule has 0 amide bonds. The highest BCUT2D eigenvalue weighted by atomic mass is 16.6. The lowest BCUT2D eigenvalue weighted by atomic mass is 9.76. The molecule has 3 heterocycles. The second-order valence-corrected chi connectivity index (χ2v) is 12.5. The summed E-state index contributed by atoms with van der Waals surface area (Å²) in [5, 5.41) is 0.987. The summed E-state index contributed by atoms with van der Waals surface area (Å²) in [6.45, 7) is 0. The third-order valence-corrected chi connectivity index (χ3v) is 9.99. The molecule has 1 spiro atoms. The quantitative estimate of drug-likeness (QED) is 0.193. The fourth-order valence-corrected chi connectivity index (χ4v) is 7.87. The lowest BCUT2D eigenvalue weighted by molar-refractivity contribution is 0.306. The fraction of sp³-hybridized carbons (Fsp3) is 0.0233. The van der Waals surface area contributed by atoms with Crippen LogP contribution in [0.25, 0.3) is 61.3 Å². The van der Waals surface area contributed by atoms with Crippen molar-refractivity contribution in [2.45, 2.75) is 5.41 Å². The van der Waals surface area contributed by atoms with Crippen molar-refractivity contribution in [3.63, 3.8) is 0 Å². The first-order valence-corrected chi connectivity index (χ1v) is 16.1. The monoisotopic (exact) mass is 616 g/mol. The number of ether oxygens (including phenoxy) is 2. The lowest BCUT2D eigenvalue weighted by Gasteiger charge is -2.31. The molecule has 224 valence electrons. The van der Waals surface area contributed by atoms with Crippen molar-refractivity contribution in [1.29, 1.82) is 0 Å². The van der Waals surface area contributed by atoms with Gasteiger partial charge in [0.2, 0.25) is 0 Å². The van der Waals surface area contributed by atoms with E-state index in [9.17, 15) is 0 Å². The van der Waals surface area contributed by atoms with Gasteiger partial charge in [-0.15, -0.1) is 0 Å². The van der Waals surface area contributed by atoms with Gasteiger partial charge in [-0.1, -0.05) is 103 Å². The van der Waals surface area contributed by atoms with Gasteiger partial charge in [0.15, 0.2) is 23.0 Å². The molecule has 1 aliphatic heterocycles. The van der Waals surface area contributed by atoms with Crippen molar-refractivity contribution < 1.29 is 13.9 Å². The number of fused-ring (bicyclic) bond motifs is 13. The Morgan fingerprint density at radius 1 is 0.542 bits per heavy atom. The molecule has 2 aliphatic carbocycles. The van der Waals surface area contributed by atoms with Crippen LogP contribution in [-0.2, 0) is 5.41 Å². The molecule has 3 aliphatic rings. The third kappa shape index (κ3) is 3.29. The SMILES string of the molecule is c1ccc2c(c1)OC1=C(O2)C2(c3ccccc3-c3ccccc32)c2oc3ccc(-c4ccc(-c5cnc6ccccc6n5)cc4)cc3c21. The Morgan fingerprint density at radius 3 is 1.94 bits per heavy atom. The van der Waals surface area contributed by atoms with Crippen molar-refractivity contribution in [1.82, 2.24) is 9.97 Å². The predicted octanol–water partition coefficient (Wildman–Crippen LogP) is 10.2. The van der Waals surface area contributed by atoms with Gasteiger partial charge in [-0.3, -0.25) is 4.98 Å². The van der Waals surface area contributed by atoms with Gasteiger partial charge in [0.1, 0.15) is 16.8 Å². The molecule has 0 atom stereocenters. The van der Waals surface area contributed by atoms with Gasteiger partial charge in [0.25, 0.3) is 0 Å². The molecular weight excluding hydrogens is 592 g/mol. The molecule has 0 N–H and O–H groups in total. The standard InChI is InChI=1S/C43H24N2O3/c1-3-11-31-28(9-1)29-10-2-4-12-32(29)43(31)41-39(40-42(43)48-38-16-8-7-15-37(38)46-40)30-23-27(21-22-36(30)47-41)25-17-19-26(20-18-25)35-24-44-33-13-5-6-14-34(33)45-35/h1-24H. The largest absolute Gasteiger partial charge is 0.458 e. The molecule has 5 nitrogen and oxygen atoms in total. The molecular formula is C43H24N2O3. The van der Waals surface area contributed by atoms with Crippen LogP contribution in [0, 0.1) is 0 Å². The van der Waals surface area contributed by atoms with Gasteiger partial charge in [0.05, 0.1) is 28.5 Å². The summed E-state index contributed by atoms with van der Waals surface area (Å²) >= 11 is 0. The van der Waals surface area contributed by atoms with Crippen molar-refractivity contribution in [3.8, 4) is 45.0 Å². The average Bonchev–Trinajstić information content (AvgIpc) is 3.77. The highest BCUT2D eigenvalue weighted by Gasteiger charge is 2.60. The minimum Gasteiger partial charge on any atom is -0.458 e. The fourth-order valence-electron chi connectivity index (χ4n) is 7.87. The van der Waals surface area contributed by atoms with Crippen LogP contribution in [0.4, 0.5) is 0 Å². The van der Waals surface area contributed by atoms with Gasteiger partial charge < -0.3 is 13.9 Å². The number of rotatable bonds is 2. The van der Waals surface area contributed by atoms with Crippen LogP contribution < -0.4 is 9.47 Å². The van der Waals surface area contributed by atoms with Crippen LogP contribution in [-0.4, -0.2) is 9.97 Å². The summed E-state index contributed by atoms with van der Waals surface area (Å²) in [4.78, 5) is 9.44. The third-order valence-electron chi connectivity index (χ3n) is 9.99. The molecule has 0 saturated heterocycles. The first-order valence-electron chi connectivity index (χ1n) is 16.1. The second-order valence-electron chi connectivity index (χ2n) is 12.5. The number of aromatic nitrogens is 2. The predicted molar refractivity (Wildman–Crippen MR) is 187 cm³/mol. The molecule has 11 rings (SSSR count). The molecule has 2 aromatic heterocycles. The van der Waals surface area contributed by atoms with Crippen LogP contribution >= 0.6 is 0 Å². The van der Waals surface area contributed by atoms with E-state index in [0.29, 0.717) is 17.3 Å². The zero-order chi connectivity index (χ0) is 31.4. The van der Waals surface area contributed by atoms with Crippen LogP contribution in [0.5, 0.6) is 11.5 Å². The number of hydrogen-bond donors (Lipinski definition) is 0. The van der Waals surface area contributed by atoms with Crippen LogP contribution in [0.15, 0.2) is 156 Å². The van der Waals surface area contributed by atoms with Gasteiger partial charge in [-0.05, 0) is 69.8 Å². The Bertz CT molecular complexity index is 2640. The average molecular weight is 617 g/mol. The van der Waals surface area contributed by atoms with E-state index in [2.05, 4.69) is 96.0 Å². The van der Waals surface area contributed by atoms with Crippen LogP contribution in [0.1, 0.15) is 22.5 Å². The number of para-hydroxylation sites is 4. The molecule has 0 saturated carbocycles. The van der Waals surface area contributed by atoms with Gasteiger partial charge >= 0.3 is 0 Å². The van der Waals surface area contributed by atoms with E-state index in [1.165, 1.54) is 11.1 Å². The van der Waals surface area contributed by atoms with Crippen molar-refractivity contribution in [2.75, 3.05) is 0 Å². The Hall–Kier alpha value is -6.46. The molecule has 8 aromatic rings. The summed E-state index contributed by atoms with van der Waals surface area (Å²) < 4.78 is 20.6. The van der Waals surface area contributed by atoms with Crippen molar-refractivity contribution in [3.05, 3.63) is 174 Å².